The van der Waals surface area contributed by atoms with Gasteiger partial charge in [0.2, 0.25) is 0 Å². The quantitative estimate of drug-likeness (QED) is 0.661. The van der Waals surface area contributed by atoms with Crippen LogP contribution >= 0.6 is 23.5 Å². The molecule has 2 fully saturated rings. The van der Waals surface area contributed by atoms with E-state index in [1.165, 1.54) is 17.9 Å². The fourth-order valence-corrected chi connectivity index (χ4v) is 5.90. The highest BCUT2D eigenvalue weighted by Crippen LogP contribution is 2.61. The van der Waals surface area contributed by atoms with Gasteiger partial charge < -0.3 is 4.79 Å². The van der Waals surface area contributed by atoms with Crippen LogP contribution in [0.3, 0.4) is 0 Å². The van der Waals surface area contributed by atoms with Gasteiger partial charge in [0.05, 0.1) is 4.08 Å². The van der Waals surface area contributed by atoms with E-state index in [4.69, 9.17) is 0 Å². The zero-order valence-electron chi connectivity index (χ0n) is 8.16. The summed E-state index contributed by atoms with van der Waals surface area (Å²) < 4.78 is 0.337. The van der Waals surface area contributed by atoms with Crippen LogP contribution in [0.4, 0.5) is 0 Å². The van der Waals surface area contributed by atoms with Crippen LogP contribution in [-0.2, 0) is 4.79 Å². The van der Waals surface area contributed by atoms with Gasteiger partial charge in [-0.3, -0.25) is 0 Å². The molecule has 0 amide bonds. The largest absolute Gasteiger partial charge is 0.303 e. The van der Waals surface area contributed by atoms with E-state index in [9.17, 15) is 4.79 Å². The Bertz CT molecular complexity index is 211. The molecule has 0 aromatic carbocycles. The summed E-state index contributed by atoms with van der Waals surface area (Å²) >= 11 is 4.13. The zero-order valence-corrected chi connectivity index (χ0v) is 9.79. The molecular weight excluding hydrogens is 200 g/mol. The molecule has 0 N–H and O–H groups in total. The summed E-state index contributed by atoms with van der Waals surface area (Å²) in [5.74, 6) is 4.17. The van der Waals surface area contributed by atoms with Crippen LogP contribution in [0.5, 0.6) is 0 Å². The molecule has 0 aromatic heterocycles. The summed E-state index contributed by atoms with van der Waals surface area (Å²) in [6.07, 6.45) is 2.49. The van der Waals surface area contributed by atoms with Crippen molar-refractivity contribution in [1.29, 1.82) is 0 Å². The molecule has 1 saturated carbocycles. The summed E-state index contributed by atoms with van der Waals surface area (Å²) in [6.45, 7) is 4.54. The standard InChI is InChI=1S/C10H16OS2/c1-7-8(6-11)9(7)10(2)12-4-3-5-13-10/h6-9H,3-5H2,1-2H3. The van der Waals surface area contributed by atoms with Crippen LogP contribution in [0.2, 0.25) is 0 Å². The summed E-state index contributed by atoms with van der Waals surface area (Å²) in [4.78, 5) is 10.8. The first kappa shape index (κ1) is 9.91. The third kappa shape index (κ3) is 1.65. The Morgan fingerprint density at radius 3 is 2.46 bits per heavy atom. The van der Waals surface area contributed by atoms with E-state index in [0.29, 0.717) is 21.8 Å². The first-order chi connectivity index (χ1) is 6.19. The normalized spacial score (nSPS) is 42.8. The summed E-state index contributed by atoms with van der Waals surface area (Å²) in [6, 6.07) is 0. The predicted octanol–water partition coefficient (Wildman–Crippen LogP) is 2.65. The minimum atomic E-state index is 0.337. The number of hydrogen-bond donors (Lipinski definition) is 0. The fraction of sp³-hybridized carbons (Fsp3) is 0.900. The number of carbonyl (C=O) groups is 1. The second-order valence-electron chi connectivity index (χ2n) is 4.16. The zero-order chi connectivity index (χ0) is 9.47. The van der Waals surface area contributed by atoms with Crippen LogP contribution in [-0.4, -0.2) is 21.9 Å². The first-order valence-corrected chi connectivity index (χ1v) is 6.89. The van der Waals surface area contributed by atoms with Gasteiger partial charge in [-0.25, -0.2) is 0 Å². The number of carbonyl (C=O) groups excluding carboxylic acids is 1. The monoisotopic (exact) mass is 216 g/mol. The van der Waals surface area contributed by atoms with E-state index >= 15 is 0 Å². The third-order valence-corrected chi connectivity index (χ3v) is 6.66. The highest BCUT2D eigenvalue weighted by molar-refractivity contribution is 8.18. The van der Waals surface area contributed by atoms with Gasteiger partial charge >= 0.3 is 0 Å². The second kappa shape index (κ2) is 3.50. The third-order valence-electron chi connectivity index (χ3n) is 3.28. The van der Waals surface area contributed by atoms with E-state index in [1.807, 2.05) is 0 Å². The summed E-state index contributed by atoms with van der Waals surface area (Å²) in [5, 5.41) is 0. The van der Waals surface area contributed by atoms with Crippen molar-refractivity contribution in [2.45, 2.75) is 24.3 Å². The van der Waals surface area contributed by atoms with Gasteiger partial charge in [0.15, 0.2) is 0 Å². The lowest BCUT2D eigenvalue weighted by Crippen LogP contribution is -2.25. The van der Waals surface area contributed by atoms with Crippen molar-refractivity contribution < 1.29 is 4.79 Å². The highest BCUT2D eigenvalue weighted by atomic mass is 32.2. The summed E-state index contributed by atoms with van der Waals surface area (Å²) in [7, 11) is 0. The van der Waals surface area contributed by atoms with Crippen LogP contribution in [0.15, 0.2) is 0 Å². The van der Waals surface area contributed by atoms with Crippen molar-refractivity contribution >= 4 is 29.8 Å². The topological polar surface area (TPSA) is 17.1 Å². The molecule has 1 aliphatic heterocycles. The van der Waals surface area contributed by atoms with Crippen molar-refractivity contribution in [3.05, 3.63) is 0 Å². The van der Waals surface area contributed by atoms with E-state index in [0.717, 1.165) is 6.29 Å². The number of rotatable bonds is 2. The van der Waals surface area contributed by atoms with E-state index in [2.05, 4.69) is 37.4 Å². The molecule has 13 heavy (non-hydrogen) atoms. The molecule has 0 bridgehead atoms. The van der Waals surface area contributed by atoms with E-state index < -0.39 is 0 Å². The Kier molecular flexibility index (Phi) is 2.67. The van der Waals surface area contributed by atoms with Gasteiger partial charge in [-0.15, -0.1) is 23.5 Å². The molecule has 2 aliphatic rings. The molecular formula is C10H16OS2. The van der Waals surface area contributed by atoms with Gasteiger partial charge in [-0.1, -0.05) is 6.92 Å². The van der Waals surface area contributed by atoms with Crippen molar-refractivity contribution in [1.82, 2.24) is 0 Å². The Balaban J connectivity index is 2.03. The average molecular weight is 216 g/mol. The lowest BCUT2D eigenvalue weighted by atomic mass is 10.2. The molecule has 2 rings (SSSR count). The molecule has 0 aromatic rings. The number of hydrogen-bond acceptors (Lipinski definition) is 3. The smallest absolute Gasteiger partial charge is 0.123 e. The molecule has 1 aliphatic carbocycles. The Hall–Kier alpha value is 0.370. The van der Waals surface area contributed by atoms with Gasteiger partial charge in [-0.2, -0.15) is 0 Å². The van der Waals surface area contributed by atoms with Gasteiger partial charge in [0, 0.05) is 5.92 Å². The highest BCUT2D eigenvalue weighted by Gasteiger charge is 2.57. The maximum Gasteiger partial charge on any atom is 0.123 e. The molecule has 0 radical (unpaired) electrons. The van der Waals surface area contributed by atoms with Crippen molar-refractivity contribution in [2.24, 2.45) is 17.8 Å². The molecule has 3 atom stereocenters. The SMILES string of the molecule is CC1C(C=O)C1C1(C)SCCCS1. The molecule has 1 saturated heterocycles. The molecule has 1 nitrogen and oxygen atoms in total. The van der Waals surface area contributed by atoms with Crippen LogP contribution < -0.4 is 0 Å². The van der Waals surface area contributed by atoms with Crippen molar-refractivity contribution in [3.8, 4) is 0 Å². The van der Waals surface area contributed by atoms with Crippen LogP contribution in [0.1, 0.15) is 20.3 Å². The van der Waals surface area contributed by atoms with Gasteiger partial charge in [-0.05, 0) is 36.7 Å². The minimum absolute atomic E-state index is 0.337. The Labute approximate surface area is 88.4 Å². The Morgan fingerprint density at radius 2 is 2.00 bits per heavy atom. The van der Waals surface area contributed by atoms with E-state index in [-0.39, 0.29) is 0 Å². The lowest BCUT2D eigenvalue weighted by Gasteiger charge is -2.33. The van der Waals surface area contributed by atoms with Crippen LogP contribution in [0, 0.1) is 17.8 Å². The van der Waals surface area contributed by atoms with Gasteiger partial charge in [0.25, 0.3) is 0 Å². The molecule has 0 spiro atoms. The molecule has 3 heteroatoms. The van der Waals surface area contributed by atoms with Crippen molar-refractivity contribution in [2.75, 3.05) is 11.5 Å². The summed E-state index contributed by atoms with van der Waals surface area (Å²) in [5.41, 5.74) is 0. The maximum absolute atomic E-state index is 10.8. The number of thioether (sulfide) groups is 2. The predicted molar refractivity (Wildman–Crippen MR) is 60.1 cm³/mol. The molecule has 74 valence electrons. The van der Waals surface area contributed by atoms with Gasteiger partial charge in [0.1, 0.15) is 6.29 Å². The molecule has 1 heterocycles. The average Bonchev–Trinajstić information content (AvgIpc) is 2.78. The maximum atomic E-state index is 10.8. The minimum Gasteiger partial charge on any atom is -0.303 e. The lowest BCUT2D eigenvalue weighted by molar-refractivity contribution is -0.109. The molecule has 3 unspecified atom stereocenters. The number of aldehydes is 1. The second-order valence-corrected chi connectivity index (χ2v) is 7.51. The van der Waals surface area contributed by atoms with Crippen LogP contribution in [0.25, 0.3) is 0 Å². The Morgan fingerprint density at radius 1 is 1.38 bits per heavy atom. The van der Waals surface area contributed by atoms with Crippen molar-refractivity contribution in [3.63, 3.8) is 0 Å². The first-order valence-electron chi connectivity index (χ1n) is 4.92. The van der Waals surface area contributed by atoms with E-state index in [1.54, 1.807) is 0 Å². The fourth-order valence-electron chi connectivity index (χ4n) is 2.37.